The summed E-state index contributed by atoms with van der Waals surface area (Å²) in [5.74, 6) is -71.4. The van der Waals surface area contributed by atoms with E-state index in [1.807, 2.05) is 6.20 Å². The number of aryl methyl sites for hydroxylation is 1. The van der Waals surface area contributed by atoms with Crippen LogP contribution in [0.3, 0.4) is 0 Å². The van der Waals surface area contributed by atoms with Crippen molar-refractivity contribution in [2.75, 3.05) is 0 Å². The van der Waals surface area contributed by atoms with E-state index in [1.165, 1.54) is 62.6 Å². The van der Waals surface area contributed by atoms with Gasteiger partial charge in [-0.25, -0.2) is 92.8 Å². The molecule has 0 saturated heterocycles. The van der Waals surface area contributed by atoms with E-state index in [2.05, 4.69) is 59.2 Å². The quantitative estimate of drug-likeness (QED) is 0.0250. The number of hydrogen-bond donors (Lipinski definition) is 0. The maximum Gasteiger partial charge on any atom is 0.200 e. The van der Waals surface area contributed by atoms with E-state index in [9.17, 15) is 52.7 Å². The van der Waals surface area contributed by atoms with Gasteiger partial charge in [-0.15, -0.1) is 21.9 Å². The second-order valence-electron chi connectivity index (χ2n) is 15.2. The minimum absolute atomic E-state index is 0.924. The minimum Gasteiger partial charge on any atom is -0.249 e. The molecule has 5 aromatic carbocycles. The van der Waals surface area contributed by atoms with Crippen molar-refractivity contribution in [1.82, 2.24) is 4.98 Å². The predicted octanol–water partition coefficient (Wildman–Crippen LogP) is 10.9. The van der Waals surface area contributed by atoms with E-state index in [-0.39, 0.29) is 0 Å². The summed E-state index contributed by atoms with van der Waals surface area (Å²) in [6.07, 6.45) is 11.0. The highest BCUT2D eigenvalue weighted by atomic mass is 19.2. The van der Waals surface area contributed by atoms with Crippen molar-refractivity contribution in [2.24, 2.45) is 0 Å². The SMILES string of the molecule is CCCCCCCCCCc1c[n+](Cc2ccccc2)ccn1.Fc1c(F)c(F)c([B-](c2c(F)c(F)c(F)c(F)c2F)(c2c(F)c(F)c(F)c(F)c2F)c2c(F)c(F)c(F)c(F)c2F)c(F)c1F. The number of aromatic nitrogens is 2. The highest BCUT2D eigenvalue weighted by Gasteiger charge is 2.52. The lowest BCUT2D eigenvalue weighted by atomic mass is 9.12. The standard InChI is InChI=1S/C24BF20.C21H31N2/c26-5-1(6(27)14(35)21(42)13(5)34)25(2-7(28)15(36)22(43)16(37)8(2)29,3-9(30)17(38)23(44)18(39)10(3)31)4-11(32)19(40)24(45)20(41)12(4)33;1-2-3-4-5-6-7-8-12-15-21-19-23(17-16-22-21)18-20-13-10-9-11-14-20/h;9-11,13-14,16-17,19H,2-8,12,15,18H2,1H3/q-1;+1. The fourth-order valence-corrected chi connectivity index (χ4v) is 7.82. The summed E-state index contributed by atoms with van der Waals surface area (Å²) < 4.78 is 296. The van der Waals surface area contributed by atoms with Gasteiger partial charge in [-0.1, -0.05) is 82.2 Å². The second kappa shape index (κ2) is 21.9. The van der Waals surface area contributed by atoms with Crippen LogP contribution in [0.1, 0.15) is 69.5 Å². The lowest BCUT2D eigenvalue weighted by molar-refractivity contribution is -0.689. The molecule has 1 heterocycles. The molecule has 0 N–H and O–H groups in total. The third kappa shape index (κ3) is 9.74. The van der Waals surface area contributed by atoms with Gasteiger partial charge in [-0.2, -0.15) is 4.57 Å². The number of halogens is 20. The zero-order chi connectivity index (χ0) is 50.5. The highest BCUT2D eigenvalue weighted by molar-refractivity contribution is 7.20. The lowest BCUT2D eigenvalue weighted by Crippen LogP contribution is -2.81. The van der Waals surface area contributed by atoms with Crippen LogP contribution >= 0.6 is 0 Å². The van der Waals surface area contributed by atoms with E-state index < -0.39 is 144 Å². The Morgan fingerprint density at radius 2 is 0.676 bits per heavy atom. The van der Waals surface area contributed by atoms with Gasteiger partial charge in [0.1, 0.15) is 58.4 Å². The Morgan fingerprint density at radius 3 is 1.00 bits per heavy atom. The largest absolute Gasteiger partial charge is 0.249 e. The molecule has 0 radical (unpaired) electrons. The molecule has 6 rings (SSSR count). The number of unbranched alkanes of at least 4 members (excludes halogenated alkanes) is 7. The summed E-state index contributed by atoms with van der Waals surface area (Å²) in [4.78, 5) is 4.52. The van der Waals surface area contributed by atoms with E-state index in [1.54, 1.807) is 0 Å². The summed E-state index contributed by atoms with van der Waals surface area (Å²) in [5, 5.41) is 0. The van der Waals surface area contributed by atoms with Gasteiger partial charge >= 0.3 is 0 Å². The monoisotopic (exact) mass is 990 g/mol. The number of nitrogens with zero attached hydrogens (tertiary/aromatic N) is 2. The van der Waals surface area contributed by atoms with Gasteiger partial charge in [0.2, 0.25) is 0 Å². The molecule has 0 unspecified atom stereocenters. The summed E-state index contributed by atoms with van der Waals surface area (Å²) >= 11 is 0. The van der Waals surface area contributed by atoms with Crippen molar-refractivity contribution in [1.29, 1.82) is 0 Å². The molecule has 0 aliphatic carbocycles. The number of hydrogen-bond acceptors (Lipinski definition) is 1. The topological polar surface area (TPSA) is 16.8 Å². The molecule has 6 aromatic rings. The molecule has 0 fully saturated rings. The molecule has 0 spiro atoms. The first kappa shape index (κ1) is 52.8. The van der Waals surface area contributed by atoms with E-state index in [0.29, 0.717) is 0 Å². The highest BCUT2D eigenvalue weighted by Crippen LogP contribution is 2.31. The smallest absolute Gasteiger partial charge is 0.200 e. The fraction of sp³-hybridized carbons (Fsp3) is 0.244. The van der Waals surface area contributed by atoms with Crippen LogP contribution in [0.2, 0.25) is 0 Å². The van der Waals surface area contributed by atoms with Crippen LogP contribution in [0.25, 0.3) is 0 Å². The Labute approximate surface area is 372 Å². The van der Waals surface area contributed by atoms with Gasteiger partial charge in [-0.05, 0) is 12.8 Å². The van der Waals surface area contributed by atoms with Crippen molar-refractivity contribution in [2.45, 2.75) is 71.3 Å². The summed E-state index contributed by atoms with van der Waals surface area (Å²) in [6, 6.07) is 10.6. The molecular formula is C45H31BF20N2. The fourth-order valence-electron chi connectivity index (χ4n) is 7.82. The molecule has 1 aromatic heterocycles. The van der Waals surface area contributed by atoms with Crippen molar-refractivity contribution >= 4 is 28.0 Å². The van der Waals surface area contributed by atoms with Crippen LogP contribution in [-0.2, 0) is 13.0 Å². The Hall–Kier alpha value is -6.16. The first-order valence-electron chi connectivity index (χ1n) is 20.2. The Morgan fingerprint density at radius 1 is 0.382 bits per heavy atom. The molecule has 2 nitrogen and oxygen atoms in total. The first-order chi connectivity index (χ1) is 32.1. The Balaban J connectivity index is 0.000000314. The maximum atomic E-state index is 15.4. The van der Waals surface area contributed by atoms with E-state index in [0.717, 1.165) is 13.0 Å². The molecule has 0 saturated carbocycles. The molecule has 0 bridgehead atoms. The van der Waals surface area contributed by atoms with Crippen molar-refractivity contribution in [3.8, 4) is 0 Å². The van der Waals surface area contributed by atoms with Crippen LogP contribution in [0, 0.1) is 116 Å². The van der Waals surface area contributed by atoms with Gasteiger partial charge in [-0.3, -0.25) is 0 Å². The normalized spacial score (nSPS) is 11.6. The van der Waals surface area contributed by atoms with E-state index >= 15 is 35.1 Å². The molecule has 68 heavy (non-hydrogen) atoms. The zero-order valence-corrected chi connectivity index (χ0v) is 34.7. The number of benzene rings is 5. The molecule has 0 atom stereocenters. The van der Waals surface area contributed by atoms with E-state index in [4.69, 9.17) is 0 Å². The van der Waals surface area contributed by atoms with Crippen molar-refractivity contribution in [3.05, 3.63) is 177 Å². The predicted molar refractivity (Wildman–Crippen MR) is 206 cm³/mol. The molecule has 0 aliphatic heterocycles. The molecular weight excluding hydrogens is 959 g/mol. The minimum atomic E-state index is -7.22. The third-order valence-electron chi connectivity index (χ3n) is 11.0. The Kier molecular flexibility index (Phi) is 17.0. The average Bonchev–Trinajstić information content (AvgIpc) is 3.33. The van der Waals surface area contributed by atoms with Crippen LogP contribution < -0.4 is 26.4 Å². The summed E-state index contributed by atoms with van der Waals surface area (Å²) in [7, 11) is 0. The number of rotatable bonds is 15. The molecule has 0 aliphatic rings. The van der Waals surface area contributed by atoms with Crippen molar-refractivity contribution in [3.63, 3.8) is 0 Å². The molecule has 0 amide bonds. The first-order valence-corrected chi connectivity index (χ1v) is 20.2. The van der Waals surface area contributed by atoms with Crippen LogP contribution in [0.4, 0.5) is 87.8 Å². The molecule has 23 heteroatoms. The average molecular weight is 991 g/mol. The van der Waals surface area contributed by atoms with Gasteiger partial charge in [0.05, 0.1) is 6.20 Å². The summed E-state index contributed by atoms with van der Waals surface area (Å²) in [5.41, 5.74) is -11.8. The Bertz CT molecular complexity index is 2440. The van der Waals surface area contributed by atoms with Gasteiger partial charge in [0.15, 0.2) is 88.7 Å². The molecule has 364 valence electrons. The van der Waals surface area contributed by atoms with Crippen molar-refractivity contribution < 1.29 is 92.4 Å². The zero-order valence-electron chi connectivity index (χ0n) is 34.7. The third-order valence-corrected chi connectivity index (χ3v) is 11.0. The maximum absolute atomic E-state index is 15.4. The van der Waals surface area contributed by atoms with Gasteiger partial charge < -0.3 is 0 Å². The van der Waals surface area contributed by atoms with Crippen LogP contribution in [0.15, 0.2) is 48.9 Å². The van der Waals surface area contributed by atoms with Crippen LogP contribution in [-0.4, -0.2) is 11.1 Å². The second-order valence-corrected chi connectivity index (χ2v) is 15.2. The van der Waals surface area contributed by atoms with Gasteiger partial charge in [0.25, 0.3) is 0 Å². The lowest BCUT2D eigenvalue weighted by Gasteiger charge is -2.44. The summed E-state index contributed by atoms with van der Waals surface area (Å²) in [6.45, 7) is 3.20. The van der Waals surface area contributed by atoms with Gasteiger partial charge in [0, 0.05) is 5.56 Å². The van der Waals surface area contributed by atoms with Crippen LogP contribution in [0.5, 0.6) is 0 Å².